The molecule has 21 heavy (non-hydrogen) atoms. The Morgan fingerprint density at radius 2 is 2.14 bits per heavy atom. The fourth-order valence-electron chi connectivity index (χ4n) is 2.62. The Kier molecular flexibility index (Phi) is 5.13. The summed E-state index contributed by atoms with van der Waals surface area (Å²) in [4.78, 5) is 13.4. The Hall–Kier alpha value is -1.24. The van der Waals surface area contributed by atoms with Crippen LogP contribution in [0.1, 0.15) is 18.4 Å². The lowest BCUT2D eigenvalue weighted by Gasteiger charge is -2.30. The monoisotopic (exact) mass is 310 g/mol. The third-order valence-electron chi connectivity index (χ3n) is 3.82. The minimum atomic E-state index is -3.40. The average molecular weight is 310 g/mol. The van der Waals surface area contributed by atoms with Crippen molar-refractivity contribution in [1.82, 2.24) is 9.21 Å². The maximum atomic E-state index is 12.1. The average Bonchev–Trinajstić information content (AvgIpc) is 2.47. The number of nitrogens with zero attached hydrogens (tertiary/aromatic N) is 2. The first kappa shape index (κ1) is 16.1. The van der Waals surface area contributed by atoms with Gasteiger partial charge in [-0.15, -0.1) is 0 Å². The van der Waals surface area contributed by atoms with Gasteiger partial charge in [0.15, 0.2) is 0 Å². The Morgan fingerprint density at radius 3 is 2.81 bits per heavy atom. The van der Waals surface area contributed by atoms with Crippen LogP contribution in [0.4, 0.5) is 0 Å². The molecule has 1 saturated heterocycles. The van der Waals surface area contributed by atoms with E-state index >= 15 is 0 Å². The SMILES string of the molecule is CN(C)S(=O)(=O)c1cccc(CN2CCCC(C=O)C2)c1. The summed E-state index contributed by atoms with van der Waals surface area (Å²) >= 11 is 0. The van der Waals surface area contributed by atoms with Crippen molar-refractivity contribution in [2.75, 3.05) is 27.2 Å². The zero-order valence-corrected chi connectivity index (χ0v) is 13.3. The van der Waals surface area contributed by atoms with Crippen LogP contribution in [0, 0.1) is 5.92 Å². The van der Waals surface area contributed by atoms with Gasteiger partial charge in [0.2, 0.25) is 10.0 Å². The normalized spacial score (nSPS) is 20.6. The van der Waals surface area contributed by atoms with E-state index in [1.807, 2.05) is 6.07 Å². The van der Waals surface area contributed by atoms with Gasteiger partial charge < -0.3 is 4.79 Å². The Balaban J connectivity index is 2.13. The molecule has 1 atom stereocenters. The molecule has 0 saturated carbocycles. The van der Waals surface area contributed by atoms with E-state index in [0.29, 0.717) is 11.4 Å². The summed E-state index contributed by atoms with van der Waals surface area (Å²) in [7, 11) is -0.339. The molecule has 0 aliphatic carbocycles. The molecule has 0 radical (unpaired) electrons. The second-order valence-electron chi connectivity index (χ2n) is 5.71. The van der Waals surface area contributed by atoms with Crippen molar-refractivity contribution in [1.29, 1.82) is 0 Å². The fraction of sp³-hybridized carbons (Fsp3) is 0.533. The smallest absolute Gasteiger partial charge is 0.242 e. The summed E-state index contributed by atoms with van der Waals surface area (Å²) < 4.78 is 25.5. The van der Waals surface area contributed by atoms with Crippen LogP contribution in [0.25, 0.3) is 0 Å². The Morgan fingerprint density at radius 1 is 1.38 bits per heavy atom. The van der Waals surface area contributed by atoms with E-state index in [0.717, 1.165) is 37.8 Å². The molecule has 5 nitrogen and oxygen atoms in total. The largest absolute Gasteiger partial charge is 0.303 e. The molecular weight excluding hydrogens is 288 g/mol. The van der Waals surface area contributed by atoms with Crippen molar-refractivity contribution < 1.29 is 13.2 Å². The van der Waals surface area contributed by atoms with E-state index < -0.39 is 10.0 Å². The number of carbonyl (C=O) groups excluding carboxylic acids is 1. The molecule has 1 fully saturated rings. The highest BCUT2D eigenvalue weighted by Gasteiger charge is 2.21. The Bertz CT molecular complexity index is 599. The zero-order chi connectivity index (χ0) is 15.5. The molecule has 116 valence electrons. The van der Waals surface area contributed by atoms with Crippen LogP contribution < -0.4 is 0 Å². The molecular formula is C15H22N2O3S. The second kappa shape index (κ2) is 6.68. The first-order valence-electron chi connectivity index (χ1n) is 7.12. The lowest BCUT2D eigenvalue weighted by atomic mass is 9.99. The minimum Gasteiger partial charge on any atom is -0.303 e. The van der Waals surface area contributed by atoms with Crippen molar-refractivity contribution in [3.05, 3.63) is 29.8 Å². The van der Waals surface area contributed by atoms with Gasteiger partial charge in [-0.1, -0.05) is 12.1 Å². The number of aldehydes is 1. The maximum absolute atomic E-state index is 12.1. The summed E-state index contributed by atoms with van der Waals surface area (Å²) in [5.74, 6) is 0.104. The fourth-order valence-corrected chi connectivity index (χ4v) is 3.59. The highest BCUT2D eigenvalue weighted by atomic mass is 32.2. The van der Waals surface area contributed by atoms with Crippen molar-refractivity contribution in [2.45, 2.75) is 24.3 Å². The number of benzene rings is 1. The standard InChI is InChI=1S/C15H22N2O3S/c1-16(2)21(19,20)15-7-3-5-13(9-15)10-17-8-4-6-14(11-17)12-18/h3,5,7,9,12,14H,4,6,8,10-11H2,1-2H3. The quantitative estimate of drug-likeness (QED) is 0.770. The molecule has 0 aromatic heterocycles. The number of carbonyl (C=O) groups is 1. The lowest BCUT2D eigenvalue weighted by Crippen LogP contribution is -2.35. The third-order valence-corrected chi connectivity index (χ3v) is 5.63. The molecule has 6 heteroatoms. The number of likely N-dealkylation sites (tertiary alicyclic amines) is 1. The van der Waals surface area contributed by atoms with E-state index in [2.05, 4.69) is 4.90 Å². The van der Waals surface area contributed by atoms with Crippen LogP contribution in [0.15, 0.2) is 29.2 Å². The molecule has 1 aliphatic heterocycles. The van der Waals surface area contributed by atoms with Gasteiger partial charge in [-0.05, 0) is 37.1 Å². The molecule has 2 rings (SSSR count). The zero-order valence-electron chi connectivity index (χ0n) is 12.5. The maximum Gasteiger partial charge on any atom is 0.242 e. The molecule has 1 aromatic rings. The van der Waals surface area contributed by atoms with E-state index in [1.165, 1.54) is 18.4 Å². The van der Waals surface area contributed by atoms with E-state index in [1.54, 1.807) is 18.2 Å². The van der Waals surface area contributed by atoms with Gasteiger partial charge in [-0.3, -0.25) is 4.90 Å². The molecule has 0 amide bonds. The number of rotatable bonds is 5. The van der Waals surface area contributed by atoms with Crippen molar-refractivity contribution in [3.63, 3.8) is 0 Å². The molecule has 0 spiro atoms. The van der Waals surface area contributed by atoms with Crippen LogP contribution in [-0.2, 0) is 21.4 Å². The molecule has 1 heterocycles. The van der Waals surface area contributed by atoms with Gasteiger partial charge in [0, 0.05) is 33.1 Å². The Labute approximate surface area is 126 Å². The summed E-state index contributed by atoms with van der Waals surface area (Å²) in [6.45, 7) is 2.39. The first-order valence-corrected chi connectivity index (χ1v) is 8.56. The third kappa shape index (κ3) is 3.90. The van der Waals surface area contributed by atoms with Crippen molar-refractivity contribution in [3.8, 4) is 0 Å². The molecule has 0 N–H and O–H groups in total. The van der Waals surface area contributed by atoms with Crippen LogP contribution in [-0.4, -0.2) is 51.1 Å². The molecule has 1 aromatic carbocycles. The summed E-state index contributed by atoms with van der Waals surface area (Å²) in [6.07, 6.45) is 2.99. The van der Waals surface area contributed by atoms with Gasteiger partial charge >= 0.3 is 0 Å². The molecule has 1 unspecified atom stereocenters. The van der Waals surface area contributed by atoms with E-state index in [9.17, 15) is 13.2 Å². The van der Waals surface area contributed by atoms with Crippen LogP contribution >= 0.6 is 0 Å². The summed E-state index contributed by atoms with van der Waals surface area (Å²) in [5, 5.41) is 0. The van der Waals surface area contributed by atoms with Gasteiger partial charge in [0.25, 0.3) is 0 Å². The predicted octanol–water partition coefficient (Wildman–Crippen LogP) is 1.35. The number of hydrogen-bond donors (Lipinski definition) is 0. The van der Waals surface area contributed by atoms with Gasteiger partial charge in [0.05, 0.1) is 4.90 Å². The molecule has 1 aliphatic rings. The van der Waals surface area contributed by atoms with E-state index in [4.69, 9.17) is 0 Å². The number of hydrogen-bond acceptors (Lipinski definition) is 4. The second-order valence-corrected chi connectivity index (χ2v) is 7.86. The highest BCUT2D eigenvalue weighted by Crippen LogP contribution is 2.19. The van der Waals surface area contributed by atoms with Gasteiger partial charge in [-0.2, -0.15) is 0 Å². The number of sulfonamides is 1. The predicted molar refractivity (Wildman–Crippen MR) is 81.4 cm³/mol. The summed E-state index contributed by atoms with van der Waals surface area (Å²) in [5.41, 5.74) is 0.962. The van der Waals surface area contributed by atoms with Crippen molar-refractivity contribution in [2.24, 2.45) is 5.92 Å². The molecule has 0 bridgehead atoms. The number of piperidine rings is 1. The topological polar surface area (TPSA) is 57.7 Å². The summed E-state index contributed by atoms with van der Waals surface area (Å²) in [6, 6.07) is 7.04. The van der Waals surface area contributed by atoms with E-state index in [-0.39, 0.29) is 5.92 Å². The highest BCUT2D eigenvalue weighted by molar-refractivity contribution is 7.89. The van der Waals surface area contributed by atoms with Gasteiger partial charge in [-0.25, -0.2) is 12.7 Å². The van der Waals surface area contributed by atoms with Crippen LogP contribution in [0.3, 0.4) is 0 Å². The van der Waals surface area contributed by atoms with Crippen LogP contribution in [0.2, 0.25) is 0 Å². The van der Waals surface area contributed by atoms with Gasteiger partial charge in [0.1, 0.15) is 6.29 Å². The van der Waals surface area contributed by atoms with Crippen molar-refractivity contribution >= 4 is 16.3 Å². The first-order chi connectivity index (χ1) is 9.93. The minimum absolute atomic E-state index is 0.104. The lowest BCUT2D eigenvalue weighted by molar-refractivity contribution is -0.112. The van der Waals surface area contributed by atoms with Crippen LogP contribution in [0.5, 0.6) is 0 Å².